The van der Waals surface area contributed by atoms with Crippen LogP contribution in [-0.2, 0) is 0 Å². The molecule has 1 heterocycles. The largest absolute Gasteiger partial charge is 0.492 e. The number of ether oxygens (including phenoxy) is 1. The first kappa shape index (κ1) is 13.7. The Morgan fingerprint density at radius 1 is 1.25 bits per heavy atom. The molecule has 2 rings (SSSR count). The van der Waals surface area contributed by atoms with Crippen LogP contribution in [-0.4, -0.2) is 24.0 Å². The third-order valence-corrected chi connectivity index (χ3v) is 2.61. The van der Waals surface area contributed by atoms with Gasteiger partial charge in [0.25, 0.3) is 5.91 Å². The van der Waals surface area contributed by atoms with Crippen molar-refractivity contribution >= 4 is 11.6 Å². The molecule has 0 bridgehead atoms. The van der Waals surface area contributed by atoms with E-state index in [2.05, 4.69) is 10.3 Å². The third kappa shape index (κ3) is 3.61. The molecule has 0 aliphatic rings. The molecule has 104 valence electrons. The first-order valence-electron chi connectivity index (χ1n) is 6.10. The number of hydrogen-bond acceptors (Lipinski definition) is 4. The van der Waals surface area contributed by atoms with Crippen LogP contribution in [0.1, 0.15) is 10.4 Å². The zero-order valence-corrected chi connectivity index (χ0v) is 10.8. The maximum absolute atomic E-state index is 11.7. The van der Waals surface area contributed by atoms with E-state index in [0.717, 1.165) is 0 Å². The van der Waals surface area contributed by atoms with Crippen molar-refractivity contribution in [2.75, 3.05) is 18.9 Å². The van der Waals surface area contributed by atoms with Gasteiger partial charge < -0.3 is 20.8 Å². The fourth-order valence-corrected chi connectivity index (χ4v) is 1.59. The highest BCUT2D eigenvalue weighted by atomic mass is 16.5. The minimum atomic E-state index is -0.423. The minimum Gasteiger partial charge on any atom is -0.492 e. The second-order valence-electron chi connectivity index (χ2n) is 4.10. The molecule has 0 radical (unpaired) electrons. The van der Waals surface area contributed by atoms with Crippen LogP contribution < -0.4 is 21.2 Å². The second-order valence-corrected chi connectivity index (χ2v) is 4.10. The predicted molar refractivity (Wildman–Crippen MR) is 75.7 cm³/mol. The Kier molecular flexibility index (Phi) is 4.39. The molecule has 6 heteroatoms. The lowest BCUT2D eigenvalue weighted by atomic mass is 10.2. The number of aromatic amines is 1. The summed E-state index contributed by atoms with van der Waals surface area (Å²) in [5, 5.41) is 2.61. The molecule has 0 fully saturated rings. The molecule has 6 nitrogen and oxygen atoms in total. The number of rotatable bonds is 5. The van der Waals surface area contributed by atoms with Gasteiger partial charge >= 0.3 is 0 Å². The van der Waals surface area contributed by atoms with E-state index in [4.69, 9.17) is 10.5 Å². The average molecular weight is 273 g/mol. The summed E-state index contributed by atoms with van der Waals surface area (Å²) in [5.74, 6) is 0.249. The van der Waals surface area contributed by atoms with Crippen molar-refractivity contribution in [2.45, 2.75) is 0 Å². The SMILES string of the molecule is Nc1ccc(OCCNC(=O)c2c[nH]ccc2=O)cc1. The van der Waals surface area contributed by atoms with Crippen molar-refractivity contribution in [3.05, 3.63) is 58.5 Å². The smallest absolute Gasteiger partial charge is 0.256 e. The van der Waals surface area contributed by atoms with Gasteiger partial charge in [-0.2, -0.15) is 0 Å². The summed E-state index contributed by atoms with van der Waals surface area (Å²) in [6.07, 6.45) is 2.85. The molecule has 0 saturated heterocycles. The number of aromatic nitrogens is 1. The summed E-state index contributed by atoms with van der Waals surface area (Å²) in [5.41, 5.74) is 5.98. The zero-order chi connectivity index (χ0) is 14.4. The normalized spacial score (nSPS) is 10.0. The highest BCUT2D eigenvalue weighted by molar-refractivity contribution is 5.93. The summed E-state index contributed by atoms with van der Waals surface area (Å²) >= 11 is 0. The molecule has 1 aromatic carbocycles. The van der Waals surface area contributed by atoms with E-state index in [1.807, 2.05) is 0 Å². The Morgan fingerprint density at radius 2 is 2.00 bits per heavy atom. The van der Waals surface area contributed by atoms with Gasteiger partial charge in [0.15, 0.2) is 5.43 Å². The number of pyridine rings is 1. The molecule has 0 atom stereocenters. The van der Waals surface area contributed by atoms with Crippen LogP contribution in [0.5, 0.6) is 5.75 Å². The molecule has 0 spiro atoms. The van der Waals surface area contributed by atoms with Gasteiger partial charge in [0, 0.05) is 24.1 Å². The molecule has 2 aromatic rings. The van der Waals surface area contributed by atoms with Gasteiger partial charge in [-0.25, -0.2) is 0 Å². The fraction of sp³-hybridized carbons (Fsp3) is 0.143. The number of carbonyl (C=O) groups excluding carboxylic acids is 1. The van der Waals surface area contributed by atoms with Crippen molar-refractivity contribution in [3.8, 4) is 5.75 Å². The number of nitrogens with two attached hydrogens (primary N) is 1. The lowest BCUT2D eigenvalue weighted by Crippen LogP contribution is -2.31. The van der Waals surface area contributed by atoms with Crippen LogP contribution in [0.4, 0.5) is 5.69 Å². The van der Waals surface area contributed by atoms with Gasteiger partial charge in [0.05, 0.1) is 6.54 Å². The molecule has 0 aliphatic carbocycles. The van der Waals surface area contributed by atoms with Crippen LogP contribution in [0.25, 0.3) is 0 Å². The highest BCUT2D eigenvalue weighted by Gasteiger charge is 2.08. The maximum atomic E-state index is 11.7. The number of H-pyrrole nitrogens is 1. The average Bonchev–Trinajstić information content (AvgIpc) is 2.46. The molecule has 20 heavy (non-hydrogen) atoms. The molecule has 0 saturated carbocycles. The van der Waals surface area contributed by atoms with E-state index in [9.17, 15) is 9.59 Å². The Hall–Kier alpha value is -2.76. The summed E-state index contributed by atoms with van der Waals surface area (Å²) in [6.45, 7) is 0.609. The number of anilines is 1. The molecule has 4 N–H and O–H groups in total. The fourth-order valence-electron chi connectivity index (χ4n) is 1.59. The van der Waals surface area contributed by atoms with Crippen molar-refractivity contribution in [1.82, 2.24) is 10.3 Å². The monoisotopic (exact) mass is 273 g/mol. The second kappa shape index (κ2) is 6.42. The lowest BCUT2D eigenvalue weighted by molar-refractivity contribution is 0.0945. The molecular weight excluding hydrogens is 258 g/mol. The number of carbonyl (C=O) groups is 1. The van der Waals surface area contributed by atoms with Gasteiger partial charge in [0.1, 0.15) is 17.9 Å². The van der Waals surface area contributed by atoms with Gasteiger partial charge in [-0.3, -0.25) is 9.59 Å². The lowest BCUT2D eigenvalue weighted by Gasteiger charge is -2.07. The summed E-state index contributed by atoms with van der Waals surface area (Å²) < 4.78 is 5.42. The van der Waals surface area contributed by atoms with Crippen LogP contribution in [0.3, 0.4) is 0 Å². The van der Waals surface area contributed by atoms with Gasteiger partial charge in [-0.1, -0.05) is 0 Å². The van der Waals surface area contributed by atoms with Gasteiger partial charge in [0.2, 0.25) is 0 Å². The van der Waals surface area contributed by atoms with E-state index >= 15 is 0 Å². The van der Waals surface area contributed by atoms with Gasteiger partial charge in [-0.05, 0) is 24.3 Å². The van der Waals surface area contributed by atoms with Gasteiger partial charge in [-0.15, -0.1) is 0 Å². The van der Waals surface area contributed by atoms with E-state index in [0.29, 0.717) is 24.6 Å². The standard InChI is InChI=1S/C14H15N3O3/c15-10-1-3-11(4-2-10)20-8-7-17-14(19)12-9-16-6-5-13(12)18/h1-6,9H,7-8,15H2,(H,16,18)(H,17,19). The maximum Gasteiger partial charge on any atom is 0.256 e. The van der Waals surface area contributed by atoms with Crippen LogP contribution in [0.15, 0.2) is 47.5 Å². The van der Waals surface area contributed by atoms with Crippen LogP contribution in [0.2, 0.25) is 0 Å². The number of nitrogens with one attached hydrogen (secondary N) is 2. The quantitative estimate of drug-likeness (QED) is 0.553. The topological polar surface area (TPSA) is 97.2 Å². The summed E-state index contributed by atoms with van der Waals surface area (Å²) in [4.78, 5) is 25.8. The van der Waals surface area contributed by atoms with Crippen LogP contribution >= 0.6 is 0 Å². The Labute approximate surface area is 115 Å². The van der Waals surface area contributed by atoms with Crippen LogP contribution in [0, 0.1) is 0 Å². The minimum absolute atomic E-state index is 0.0833. The molecule has 1 amide bonds. The van der Waals surface area contributed by atoms with Crippen molar-refractivity contribution in [3.63, 3.8) is 0 Å². The molecule has 0 aliphatic heterocycles. The predicted octanol–water partition coefficient (Wildman–Crippen LogP) is 0.766. The van der Waals surface area contributed by atoms with E-state index < -0.39 is 5.91 Å². The number of amides is 1. The first-order valence-corrected chi connectivity index (χ1v) is 6.10. The number of nitrogen functional groups attached to an aromatic ring is 1. The Balaban J connectivity index is 1.79. The first-order chi connectivity index (χ1) is 9.66. The van der Waals surface area contributed by atoms with E-state index in [1.165, 1.54) is 18.5 Å². The zero-order valence-electron chi connectivity index (χ0n) is 10.8. The summed E-state index contributed by atoms with van der Waals surface area (Å²) in [6, 6.07) is 8.27. The van der Waals surface area contributed by atoms with E-state index in [-0.39, 0.29) is 11.0 Å². The molecule has 1 aromatic heterocycles. The number of benzene rings is 1. The molecule has 0 unspecified atom stereocenters. The Bertz CT molecular complexity index is 635. The van der Waals surface area contributed by atoms with Crippen molar-refractivity contribution in [1.29, 1.82) is 0 Å². The third-order valence-electron chi connectivity index (χ3n) is 2.61. The summed E-state index contributed by atoms with van der Waals surface area (Å²) in [7, 11) is 0. The van der Waals surface area contributed by atoms with Crippen molar-refractivity contribution in [2.24, 2.45) is 0 Å². The van der Waals surface area contributed by atoms with Crippen molar-refractivity contribution < 1.29 is 9.53 Å². The Morgan fingerprint density at radius 3 is 2.70 bits per heavy atom. The highest BCUT2D eigenvalue weighted by Crippen LogP contribution is 2.12. The number of hydrogen-bond donors (Lipinski definition) is 3. The van der Waals surface area contributed by atoms with E-state index in [1.54, 1.807) is 24.3 Å². The molecular formula is C14H15N3O3.